The monoisotopic (exact) mass is 426 g/mol. The van der Waals surface area contributed by atoms with Crippen molar-refractivity contribution in [2.75, 3.05) is 5.32 Å². The van der Waals surface area contributed by atoms with Crippen molar-refractivity contribution in [3.05, 3.63) is 62.1 Å². The lowest BCUT2D eigenvalue weighted by molar-refractivity contribution is -0.384. The van der Waals surface area contributed by atoms with E-state index in [1.807, 2.05) is 0 Å². The van der Waals surface area contributed by atoms with Crippen molar-refractivity contribution in [2.24, 2.45) is 0 Å². The van der Waals surface area contributed by atoms with Crippen LogP contribution in [0, 0.1) is 10.1 Å². The molecule has 11 heteroatoms. The molecule has 132 valence electrons. The number of rotatable bonds is 3. The van der Waals surface area contributed by atoms with Crippen LogP contribution in [0.5, 0.6) is 0 Å². The van der Waals surface area contributed by atoms with Crippen molar-refractivity contribution in [2.45, 2.75) is 0 Å². The average molecular weight is 427 g/mol. The maximum atomic E-state index is 12.2. The smallest absolute Gasteiger partial charge is 0.270 e. The molecule has 0 aliphatic heterocycles. The van der Waals surface area contributed by atoms with Crippen LogP contribution < -0.4 is 10.6 Å². The number of halogens is 2. The van der Waals surface area contributed by atoms with Crippen molar-refractivity contribution >= 4 is 78.8 Å². The highest BCUT2D eigenvalue weighted by molar-refractivity contribution is 7.80. The van der Waals surface area contributed by atoms with Crippen LogP contribution in [0.1, 0.15) is 10.4 Å². The number of nitro benzene ring substituents is 1. The Hall–Kier alpha value is -2.33. The summed E-state index contributed by atoms with van der Waals surface area (Å²) in [4.78, 5) is 26.8. The molecule has 0 unspecified atom stereocenters. The predicted molar refractivity (Wildman–Crippen MR) is 106 cm³/mol. The molecule has 0 atom stereocenters. The van der Waals surface area contributed by atoms with Crippen LogP contribution in [0.15, 0.2) is 36.4 Å². The number of amides is 1. The highest BCUT2D eigenvalue weighted by atomic mass is 35.5. The number of anilines is 1. The quantitative estimate of drug-likeness (QED) is 0.359. The number of non-ortho nitro benzene ring substituents is 1. The summed E-state index contributed by atoms with van der Waals surface area (Å²) in [5.74, 6) is -0.460. The molecule has 0 saturated heterocycles. The Bertz CT molecular complexity index is 1050. The van der Waals surface area contributed by atoms with E-state index in [2.05, 4.69) is 15.6 Å². The Morgan fingerprint density at radius 3 is 2.65 bits per heavy atom. The van der Waals surface area contributed by atoms with Crippen LogP contribution in [0.25, 0.3) is 10.2 Å². The Kier molecular flexibility index (Phi) is 5.33. The number of thiazole rings is 1. The van der Waals surface area contributed by atoms with Gasteiger partial charge in [-0.3, -0.25) is 20.2 Å². The summed E-state index contributed by atoms with van der Waals surface area (Å²) in [5, 5.41) is 17.1. The maximum Gasteiger partial charge on any atom is 0.270 e. The number of hydrogen-bond donors (Lipinski definition) is 2. The first-order valence-corrected chi connectivity index (χ1v) is 8.94. The molecule has 2 aromatic carbocycles. The molecule has 0 saturated carbocycles. The Labute approximate surface area is 166 Å². The summed E-state index contributed by atoms with van der Waals surface area (Å²) in [5.41, 5.74) is 0.855. The Morgan fingerprint density at radius 1 is 1.19 bits per heavy atom. The minimum absolute atomic E-state index is 0.0248. The molecule has 0 fully saturated rings. The summed E-state index contributed by atoms with van der Waals surface area (Å²) >= 11 is 18.0. The summed E-state index contributed by atoms with van der Waals surface area (Å²) in [7, 11) is 0. The van der Waals surface area contributed by atoms with Crippen LogP contribution in [0.3, 0.4) is 0 Å². The normalized spacial score (nSPS) is 10.5. The number of nitrogens with one attached hydrogen (secondary N) is 2. The zero-order valence-corrected chi connectivity index (χ0v) is 15.8. The summed E-state index contributed by atoms with van der Waals surface area (Å²) < 4.78 is 0.625. The topological polar surface area (TPSA) is 97.2 Å². The molecule has 0 aliphatic carbocycles. The van der Waals surface area contributed by atoms with Gasteiger partial charge in [0.1, 0.15) is 0 Å². The number of fused-ring (bicyclic) bond motifs is 1. The molecule has 7 nitrogen and oxygen atoms in total. The fourth-order valence-electron chi connectivity index (χ4n) is 2.02. The minimum Gasteiger partial charge on any atom is -0.308 e. The molecule has 0 spiro atoms. The second-order valence-corrected chi connectivity index (χ2v) is 7.22. The van der Waals surface area contributed by atoms with Gasteiger partial charge >= 0.3 is 0 Å². The van der Waals surface area contributed by atoms with Crippen LogP contribution >= 0.6 is 46.8 Å². The van der Waals surface area contributed by atoms with Gasteiger partial charge < -0.3 is 5.32 Å². The van der Waals surface area contributed by atoms with Gasteiger partial charge in [-0.1, -0.05) is 34.5 Å². The van der Waals surface area contributed by atoms with Crippen molar-refractivity contribution in [3.8, 4) is 0 Å². The van der Waals surface area contributed by atoms with Gasteiger partial charge in [-0.15, -0.1) is 0 Å². The fourth-order valence-corrected chi connectivity index (χ4v) is 3.48. The minimum atomic E-state index is -0.478. The van der Waals surface area contributed by atoms with E-state index < -0.39 is 10.8 Å². The van der Waals surface area contributed by atoms with Gasteiger partial charge in [-0.05, 0) is 36.5 Å². The van der Waals surface area contributed by atoms with Crippen LogP contribution in [-0.4, -0.2) is 20.9 Å². The molecule has 0 radical (unpaired) electrons. The van der Waals surface area contributed by atoms with E-state index in [0.29, 0.717) is 25.9 Å². The number of carbonyl (C=O) groups is 1. The predicted octanol–water partition coefficient (Wildman–Crippen LogP) is 4.64. The highest BCUT2D eigenvalue weighted by Gasteiger charge is 2.13. The SMILES string of the molecule is O=C(NC(=S)Nc1nc2ccc([N+](=O)[O-])cc2s1)c1ccc(Cl)c(Cl)c1. The molecule has 3 rings (SSSR count). The number of aromatic nitrogens is 1. The number of carbonyl (C=O) groups excluding carboxylic acids is 1. The average Bonchev–Trinajstić information content (AvgIpc) is 2.98. The van der Waals surface area contributed by atoms with Crippen LogP contribution in [0.2, 0.25) is 10.0 Å². The lowest BCUT2D eigenvalue weighted by Gasteiger charge is -2.07. The molecule has 1 aromatic heterocycles. The van der Waals surface area contributed by atoms with E-state index in [4.69, 9.17) is 35.4 Å². The van der Waals surface area contributed by atoms with Gasteiger partial charge in [-0.2, -0.15) is 0 Å². The van der Waals surface area contributed by atoms with E-state index in [-0.39, 0.29) is 15.8 Å². The van der Waals surface area contributed by atoms with Gasteiger partial charge in [0.2, 0.25) is 0 Å². The van der Waals surface area contributed by atoms with Gasteiger partial charge in [-0.25, -0.2) is 4.98 Å². The Morgan fingerprint density at radius 2 is 1.96 bits per heavy atom. The molecular formula is C15H8Cl2N4O3S2. The first-order valence-electron chi connectivity index (χ1n) is 6.96. The first kappa shape index (κ1) is 18.5. The molecule has 1 amide bonds. The third-order valence-corrected chi connectivity index (χ3v) is 5.09. The zero-order chi connectivity index (χ0) is 18.8. The molecule has 2 N–H and O–H groups in total. The largest absolute Gasteiger partial charge is 0.308 e. The highest BCUT2D eigenvalue weighted by Crippen LogP contribution is 2.29. The summed E-state index contributed by atoms with van der Waals surface area (Å²) in [6, 6.07) is 8.80. The fraction of sp³-hybridized carbons (Fsp3) is 0. The molecular weight excluding hydrogens is 419 g/mol. The van der Waals surface area contributed by atoms with E-state index in [0.717, 1.165) is 0 Å². The third kappa shape index (κ3) is 4.07. The van der Waals surface area contributed by atoms with E-state index in [9.17, 15) is 14.9 Å². The lowest BCUT2D eigenvalue weighted by atomic mass is 10.2. The summed E-state index contributed by atoms with van der Waals surface area (Å²) in [6.45, 7) is 0. The van der Waals surface area contributed by atoms with E-state index in [1.165, 1.54) is 41.7 Å². The van der Waals surface area contributed by atoms with Crippen molar-refractivity contribution < 1.29 is 9.72 Å². The van der Waals surface area contributed by atoms with Crippen molar-refractivity contribution in [1.29, 1.82) is 0 Å². The van der Waals surface area contributed by atoms with Crippen LogP contribution in [-0.2, 0) is 0 Å². The van der Waals surface area contributed by atoms with Crippen molar-refractivity contribution in [1.82, 2.24) is 10.3 Å². The maximum absolute atomic E-state index is 12.2. The van der Waals surface area contributed by atoms with Gasteiger partial charge in [0.05, 0.1) is 25.2 Å². The molecule has 26 heavy (non-hydrogen) atoms. The van der Waals surface area contributed by atoms with Gasteiger partial charge in [0.15, 0.2) is 10.2 Å². The number of nitro groups is 1. The molecule has 0 bridgehead atoms. The van der Waals surface area contributed by atoms with Crippen LogP contribution in [0.4, 0.5) is 10.8 Å². The summed E-state index contributed by atoms with van der Waals surface area (Å²) in [6.07, 6.45) is 0. The Balaban J connectivity index is 1.71. The molecule has 0 aliphatic rings. The molecule has 1 heterocycles. The van der Waals surface area contributed by atoms with Crippen molar-refractivity contribution in [3.63, 3.8) is 0 Å². The number of benzene rings is 2. The van der Waals surface area contributed by atoms with Gasteiger partial charge in [0.25, 0.3) is 11.6 Å². The van der Waals surface area contributed by atoms with Gasteiger partial charge in [0, 0.05) is 17.7 Å². The number of hydrogen-bond acceptors (Lipinski definition) is 6. The number of thiocarbonyl (C=S) groups is 1. The molecule has 3 aromatic rings. The second kappa shape index (κ2) is 7.50. The standard InChI is InChI=1S/C15H8Cl2N4O3S2/c16-9-3-1-7(5-10(9)17)13(22)19-14(25)20-15-18-11-4-2-8(21(23)24)6-12(11)26-15/h1-6H,(H2,18,19,20,22,25). The van der Waals surface area contributed by atoms with E-state index >= 15 is 0 Å². The van der Waals surface area contributed by atoms with E-state index in [1.54, 1.807) is 6.07 Å². The number of nitrogens with zero attached hydrogens (tertiary/aromatic N) is 2. The zero-order valence-electron chi connectivity index (χ0n) is 12.7. The second-order valence-electron chi connectivity index (χ2n) is 4.97. The third-order valence-electron chi connectivity index (χ3n) is 3.21. The lowest BCUT2D eigenvalue weighted by Crippen LogP contribution is -2.34. The first-order chi connectivity index (χ1) is 12.3.